The average molecular weight is 295 g/mol. The highest BCUT2D eigenvalue weighted by Crippen LogP contribution is 2.21. The molecule has 1 aromatic heterocycles. The van der Waals surface area contributed by atoms with Crippen molar-refractivity contribution in [3.63, 3.8) is 0 Å². The van der Waals surface area contributed by atoms with Crippen molar-refractivity contribution in [2.45, 2.75) is 18.8 Å². The molecule has 2 N–H and O–H groups in total. The van der Waals surface area contributed by atoms with E-state index in [1.807, 2.05) is 0 Å². The smallest absolute Gasteiger partial charge is 0.407 e. The van der Waals surface area contributed by atoms with Crippen molar-refractivity contribution in [2.24, 2.45) is 0 Å². The maximum absolute atomic E-state index is 11.6. The summed E-state index contributed by atoms with van der Waals surface area (Å²) in [4.78, 5) is 14.1. The number of alkyl carbamates (subject to hydrolysis) is 1. The lowest BCUT2D eigenvalue weighted by atomic mass is 10.0. The van der Waals surface area contributed by atoms with Crippen molar-refractivity contribution in [1.82, 2.24) is 15.2 Å². The number of benzene rings is 1. The summed E-state index contributed by atoms with van der Waals surface area (Å²) in [7, 11) is 3.18. The number of aromatic nitrogens is 1. The van der Waals surface area contributed by atoms with E-state index in [9.17, 15) is 4.79 Å². The van der Waals surface area contributed by atoms with Gasteiger partial charge in [-0.2, -0.15) is 0 Å². The lowest BCUT2D eigenvalue weighted by molar-refractivity contribution is 0.177. The molecule has 1 aliphatic heterocycles. The first kappa shape index (κ1) is 7.31. The van der Waals surface area contributed by atoms with Crippen LogP contribution in [0.4, 0.5) is 4.79 Å². The third-order valence-corrected chi connectivity index (χ3v) is 3.08. The van der Waals surface area contributed by atoms with E-state index in [2.05, 4.69) is 4.74 Å². The number of aryl methyl sites for hydroxylation is 1. The Labute approximate surface area is 135 Å². The summed E-state index contributed by atoms with van der Waals surface area (Å²) >= 11 is 0. The van der Waals surface area contributed by atoms with E-state index in [0.717, 1.165) is 4.98 Å². The van der Waals surface area contributed by atoms with Gasteiger partial charge in [0.15, 0.2) is 2.82 Å². The third-order valence-electron chi connectivity index (χ3n) is 3.08. The SMILES string of the molecule is [2H]N1C(=O)OC([2H])([2H])[C@@H]1C([2H])([2H])c1ccc2c(c1)c(CC([2H])([2H])N(C)C)cn2[2H]. The highest BCUT2D eigenvalue weighted by Gasteiger charge is 2.22. The summed E-state index contributed by atoms with van der Waals surface area (Å²) < 4.78 is 69.0. The van der Waals surface area contributed by atoms with E-state index in [-0.39, 0.29) is 17.3 Å². The molecule has 1 saturated heterocycles. The number of fused-ring (bicyclic) bond motifs is 1. The Morgan fingerprint density at radius 2 is 2.43 bits per heavy atom. The molecule has 5 nitrogen and oxygen atoms in total. The second-order valence-corrected chi connectivity index (χ2v) is 4.91. The maximum Gasteiger partial charge on any atom is 0.407 e. The van der Waals surface area contributed by atoms with E-state index in [0.29, 0.717) is 16.5 Å². The zero-order chi connectivity index (χ0) is 21.9. The molecule has 3 rings (SSSR count). The molecule has 0 spiro atoms. The molecule has 1 aliphatic rings. The highest BCUT2D eigenvalue weighted by atomic mass is 16.6. The zero-order valence-corrected chi connectivity index (χ0v) is 11.8. The van der Waals surface area contributed by atoms with Crippen LogP contribution in [0.3, 0.4) is 0 Å². The Morgan fingerprint density at radius 3 is 3.14 bits per heavy atom. The van der Waals surface area contributed by atoms with Crippen LogP contribution in [0.15, 0.2) is 24.4 Å². The number of hydrogen-bond acceptors (Lipinski definition) is 3. The molecule has 112 valence electrons. The number of hydrogen-bond donors (Lipinski definition) is 2. The molecular weight excluding hydrogens is 266 g/mol. The van der Waals surface area contributed by atoms with E-state index < -0.39 is 31.6 Å². The van der Waals surface area contributed by atoms with Gasteiger partial charge in [0, 0.05) is 29.1 Å². The van der Waals surface area contributed by atoms with Crippen LogP contribution in [0.2, 0.25) is 2.82 Å². The van der Waals surface area contributed by atoms with E-state index in [1.165, 1.54) is 29.3 Å². The van der Waals surface area contributed by atoms with Gasteiger partial charge in [-0.25, -0.2) is 4.79 Å². The Kier molecular flexibility index (Phi) is 2.01. The molecule has 0 aliphatic carbocycles. The molecule has 5 heteroatoms. The summed E-state index contributed by atoms with van der Waals surface area (Å²) in [5.74, 6) is 0. The first-order chi connectivity index (χ1) is 13.2. The van der Waals surface area contributed by atoms with Gasteiger partial charge in [0.2, 0.25) is 0 Å². The molecular formula is C16H21N3O2. The number of cyclic esters (lactones) is 1. The summed E-state index contributed by atoms with van der Waals surface area (Å²) in [5, 5.41) is 0.597. The predicted octanol–water partition coefficient (Wildman–Crippen LogP) is 1.92. The first-order valence-corrected chi connectivity index (χ1v) is 6.51. The Morgan fingerprint density at radius 1 is 1.57 bits per heavy atom. The fourth-order valence-electron chi connectivity index (χ4n) is 2.08. The van der Waals surface area contributed by atoms with Gasteiger partial charge in [-0.1, -0.05) is 6.07 Å². The van der Waals surface area contributed by atoms with Crippen molar-refractivity contribution in [3.8, 4) is 0 Å². The molecule has 1 fully saturated rings. The molecule has 2 heterocycles. The van der Waals surface area contributed by atoms with Gasteiger partial charge >= 0.3 is 6.09 Å². The fraction of sp³-hybridized carbons (Fsp3) is 0.438. The predicted molar refractivity (Wildman–Crippen MR) is 82.5 cm³/mol. The van der Waals surface area contributed by atoms with Gasteiger partial charge in [0.05, 0.1) is 8.78 Å². The third kappa shape index (κ3) is 3.19. The fourth-order valence-corrected chi connectivity index (χ4v) is 2.08. The minimum Gasteiger partial charge on any atom is -0.447 e. The zero-order valence-electron chi connectivity index (χ0n) is 19.8. The van der Waals surface area contributed by atoms with Crippen molar-refractivity contribution >= 4 is 17.0 Å². The number of nitrogens with zero attached hydrogens (tertiary/aromatic N) is 1. The van der Waals surface area contributed by atoms with Crippen LogP contribution in [0.5, 0.6) is 0 Å². The quantitative estimate of drug-likeness (QED) is 0.886. The highest BCUT2D eigenvalue weighted by molar-refractivity contribution is 5.84. The molecule has 1 aromatic carbocycles. The van der Waals surface area contributed by atoms with Crippen LogP contribution in [-0.2, 0) is 17.5 Å². The summed E-state index contributed by atoms with van der Waals surface area (Å²) in [6, 6.07) is 2.42. The van der Waals surface area contributed by atoms with E-state index in [1.54, 1.807) is 14.1 Å². The minimum atomic E-state index is -2.70. The summed E-state index contributed by atoms with van der Waals surface area (Å²) in [6.07, 6.45) is -2.36. The minimum absolute atomic E-state index is 0.00714. The van der Waals surface area contributed by atoms with Crippen molar-refractivity contribution in [3.05, 3.63) is 35.5 Å². The van der Waals surface area contributed by atoms with Crippen LogP contribution in [0.1, 0.15) is 19.4 Å². The molecule has 0 saturated carbocycles. The number of H-pyrrole nitrogens is 1. The number of rotatable bonds is 5. The van der Waals surface area contributed by atoms with Gasteiger partial charge in [-0.3, -0.25) is 0 Å². The largest absolute Gasteiger partial charge is 0.447 e. The van der Waals surface area contributed by atoms with Gasteiger partial charge in [-0.05, 0) is 50.1 Å². The molecule has 1 atom stereocenters. The molecule has 21 heavy (non-hydrogen) atoms. The number of carbonyl (C=O) groups excluding carboxylic acids is 1. The van der Waals surface area contributed by atoms with Crippen molar-refractivity contribution in [1.29, 1.82) is 0 Å². The Balaban J connectivity index is 2.09. The van der Waals surface area contributed by atoms with Gasteiger partial charge in [0.1, 0.15) is 6.56 Å². The normalized spacial score (nSPS) is 28.0. The summed E-state index contributed by atoms with van der Waals surface area (Å²) in [5.41, 5.74) is 0.904. The van der Waals surface area contributed by atoms with Gasteiger partial charge in [-0.15, -0.1) is 0 Å². The molecule has 2 aromatic rings. The number of likely N-dealkylation sites (N-methyl/N-ethyl adjacent to an activating group) is 1. The molecule has 0 radical (unpaired) electrons. The van der Waals surface area contributed by atoms with E-state index >= 15 is 0 Å². The van der Waals surface area contributed by atoms with Crippen LogP contribution in [0, 0.1) is 0 Å². The second kappa shape index (κ2) is 5.77. The summed E-state index contributed by atoms with van der Waals surface area (Å²) in [6.45, 7) is -4.41. The Hall–Kier alpha value is -2.01. The number of aromatic amines is 1. The lowest BCUT2D eigenvalue weighted by Crippen LogP contribution is -2.28. The van der Waals surface area contributed by atoms with Crippen LogP contribution < -0.4 is 5.31 Å². The molecule has 1 amide bonds. The number of amides is 1. The molecule has 0 bridgehead atoms. The Bertz CT molecular complexity index is 959. The number of carbonyl (C=O) groups is 1. The lowest BCUT2D eigenvalue weighted by Gasteiger charge is -2.09. The van der Waals surface area contributed by atoms with E-state index in [4.69, 9.17) is 11.0 Å². The first-order valence-electron chi connectivity index (χ1n) is 10.4. The second-order valence-electron chi connectivity index (χ2n) is 4.91. The van der Waals surface area contributed by atoms with Gasteiger partial charge in [0.25, 0.3) is 0 Å². The van der Waals surface area contributed by atoms with Gasteiger partial charge < -0.3 is 19.9 Å². The molecule has 0 unspecified atom stereocenters. The van der Waals surface area contributed by atoms with Crippen molar-refractivity contribution in [2.75, 3.05) is 27.2 Å². The van der Waals surface area contributed by atoms with Crippen molar-refractivity contribution < 1.29 is 20.6 Å². The van der Waals surface area contributed by atoms with Crippen LogP contribution >= 0.6 is 0 Å². The number of nitrogens with one attached hydrogen (secondary N) is 2. The average Bonchev–Trinajstić information content (AvgIpc) is 2.99. The maximum atomic E-state index is 11.6. The monoisotopic (exact) mass is 295 g/mol. The standard InChI is InChI=1S/C16H21N3O2/c1-19(2)6-5-12-9-17-15-4-3-11(8-14(12)15)7-13-10-21-16(20)18-13/h3-4,8-9,13,17H,5-7,10H2,1-2H3,(H,18,20)/t13-/m0/s1/i6D2,7D2,10D2/hD2. The topological polar surface area (TPSA) is 57.4 Å². The van der Waals surface area contributed by atoms with Crippen LogP contribution in [0.25, 0.3) is 10.9 Å². The van der Waals surface area contributed by atoms with Crippen LogP contribution in [-0.4, -0.2) is 49.2 Å². The number of ether oxygens (including phenoxy) is 1.